The number of hydrogen-bond acceptors (Lipinski definition) is 4. The van der Waals surface area contributed by atoms with Gasteiger partial charge in [0.05, 0.1) is 25.5 Å². The zero-order valence-electron chi connectivity index (χ0n) is 17.1. The number of ether oxygens (including phenoxy) is 2. The summed E-state index contributed by atoms with van der Waals surface area (Å²) in [6.07, 6.45) is 0. The lowest BCUT2D eigenvalue weighted by molar-refractivity contribution is 0.101. The fraction of sp³-hybridized carbons (Fsp3) is 0.130. The molecule has 0 aromatic heterocycles. The first-order valence-electron chi connectivity index (χ1n) is 9.23. The maximum atomic E-state index is 14.1. The van der Waals surface area contributed by atoms with E-state index in [9.17, 15) is 14.0 Å². The van der Waals surface area contributed by atoms with E-state index < -0.39 is 11.7 Å². The zero-order chi connectivity index (χ0) is 22.5. The van der Waals surface area contributed by atoms with Gasteiger partial charge in [0.25, 0.3) is 11.8 Å². The van der Waals surface area contributed by atoms with E-state index in [1.54, 1.807) is 30.3 Å². The number of carbonyl (C=O) groups is 2. The molecule has 3 aromatic rings. The normalized spacial score (nSPS) is 10.4. The van der Waals surface area contributed by atoms with Crippen LogP contribution in [0.5, 0.6) is 11.5 Å². The Kier molecular flexibility index (Phi) is 6.77. The van der Waals surface area contributed by atoms with Crippen molar-refractivity contribution < 1.29 is 23.5 Å². The largest absolute Gasteiger partial charge is 0.496 e. The molecule has 0 atom stereocenters. The second kappa shape index (κ2) is 9.49. The first kappa shape index (κ1) is 22.1. The Morgan fingerprint density at radius 1 is 0.871 bits per heavy atom. The minimum absolute atomic E-state index is 0.173. The predicted molar refractivity (Wildman–Crippen MR) is 118 cm³/mol. The molecular formula is C23H20ClFN2O4. The van der Waals surface area contributed by atoms with Crippen LogP contribution in [0.3, 0.4) is 0 Å². The molecule has 0 heterocycles. The monoisotopic (exact) mass is 442 g/mol. The van der Waals surface area contributed by atoms with E-state index in [0.717, 1.165) is 11.6 Å². The van der Waals surface area contributed by atoms with Crippen LogP contribution in [0, 0.1) is 12.7 Å². The second-order valence-electron chi connectivity index (χ2n) is 6.63. The highest BCUT2D eigenvalue weighted by Gasteiger charge is 2.16. The maximum absolute atomic E-state index is 14.1. The molecule has 31 heavy (non-hydrogen) atoms. The molecule has 0 aliphatic carbocycles. The molecular weight excluding hydrogens is 423 g/mol. The van der Waals surface area contributed by atoms with Crippen molar-refractivity contribution in [3.63, 3.8) is 0 Å². The summed E-state index contributed by atoms with van der Waals surface area (Å²) in [6.45, 7) is 1.88. The molecule has 0 saturated heterocycles. The van der Waals surface area contributed by atoms with Gasteiger partial charge in [-0.05, 0) is 61.0 Å². The average Bonchev–Trinajstić information content (AvgIpc) is 2.74. The minimum atomic E-state index is -0.748. The third-order valence-corrected chi connectivity index (χ3v) is 4.79. The molecule has 2 N–H and O–H groups in total. The Bertz CT molecular complexity index is 1150. The van der Waals surface area contributed by atoms with E-state index in [1.165, 1.54) is 32.4 Å². The molecule has 0 aliphatic heterocycles. The average molecular weight is 443 g/mol. The standard InChI is InChI=1S/C23H20ClFN2O4/c1-13-4-5-14(10-21(13)31-3)22(28)26-16-7-9-20(30-2)19(12-16)27-23(29)17-8-6-15(24)11-18(17)25/h4-12H,1-3H3,(H,26,28)(H,27,29). The third-order valence-electron chi connectivity index (χ3n) is 4.55. The number of amides is 2. The van der Waals surface area contributed by atoms with Crippen LogP contribution in [0.25, 0.3) is 0 Å². The summed E-state index contributed by atoms with van der Waals surface area (Å²) in [5.41, 5.74) is 1.82. The smallest absolute Gasteiger partial charge is 0.258 e. The summed E-state index contributed by atoms with van der Waals surface area (Å²) in [7, 11) is 2.97. The lowest BCUT2D eigenvalue weighted by Gasteiger charge is -2.14. The number of benzene rings is 3. The SMILES string of the molecule is COc1cc(C(=O)Nc2ccc(OC)c(NC(=O)c3ccc(Cl)cc3F)c2)ccc1C. The lowest BCUT2D eigenvalue weighted by atomic mass is 10.1. The summed E-state index contributed by atoms with van der Waals surface area (Å²) in [5.74, 6) is -0.844. The van der Waals surface area contributed by atoms with Crippen LogP contribution in [0.2, 0.25) is 5.02 Å². The van der Waals surface area contributed by atoms with Crippen molar-refractivity contribution >= 4 is 34.8 Å². The lowest BCUT2D eigenvalue weighted by Crippen LogP contribution is -2.16. The molecule has 0 spiro atoms. The molecule has 0 saturated carbocycles. The van der Waals surface area contributed by atoms with Gasteiger partial charge in [0, 0.05) is 16.3 Å². The molecule has 0 unspecified atom stereocenters. The van der Waals surface area contributed by atoms with Crippen LogP contribution in [0.15, 0.2) is 54.6 Å². The first-order valence-corrected chi connectivity index (χ1v) is 9.60. The summed E-state index contributed by atoms with van der Waals surface area (Å²) in [6, 6.07) is 13.6. The van der Waals surface area contributed by atoms with E-state index in [1.807, 2.05) is 6.92 Å². The van der Waals surface area contributed by atoms with Gasteiger partial charge < -0.3 is 20.1 Å². The number of nitrogens with one attached hydrogen (secondary N) is 2. The number of anilines is 2. The van der Waals surface area contributed by atoms with Crippen molar-refractivity contribution in [1.29, 1.82) is 0 Å². The Morgan fingerprint density at radius 2 is 1.61 bits per heavy atom. The molecule has 160 valence electrons. The number of methoxy groups -OCH3 is 2. The van der Waals surface area contributed by atoms with E-state index in [-0.39, 0.29) is 22.2 Å². The molecule has 2 amide bonds. The van der Waals surface area contributed by atoms with E-state index >= 15 is 0 Å². The highest BCUT2D eigenvalue weighted by atomic mass is 35.5. The Balaban J connectivity index is 1.83. The number of aryl methyl sites for hydroxylation is 1. The summed E-state index contributed by atoms with van der Waals surface area (Å²) in [4.78, 5) is 25.2. The molecule has 0 bridgehead atoms. The van der Waals surface area contributed by atoms with Gasteiger partial charge in [-0.15, -0.1) is 0 Å². The summed E-state index contributed by atoms with van der Waals surface area (Å²) < 4.78 is 24.6. The van der Waals surface area contributed by atoms with Gasteiger partial charge in [0.15, 0.2) is 0 Å². The summed E-state index contributed by atoms with van der Waals surface area (Å²) in [5, 5.41) is 5.54. The summed E-state index contributed by atoms with van der Waals surface area (Å²) >= 11 is 5.74. The van der Waals surface area contributed by atoms with Gasteiger partial charge in [0.2, 0.25) is 0 Å². The van der Waals surface area contributed by atoms with E-state index in [0.29, 0.717) is 22.7 Å². The quantitative estimate of drug-likeness (QED) is 0.542. The zero-order valence-corrected chi connectivity index (χ0v) is 17.8. The van der Waals surface area contributed by atoms with Gasteiger partial charge in [-0.1, -0.05) is 17.7 Å². The molecule has 3 rings (SSSR count). The first-order chi connectivity index (χ1) is 14.8. The number of carbonyl (C=O) groups excluding carboxylic acids is 2. The highest BCUT2D eigenvalue weighted by molar-refractivity contribution is 6.30. The van der Waals surface area contributed by atoms with Crippen molar-refractivity contribution in [2.24, 2.45) is 0 Å². The van der Waals surface area contributed by atoms with Crippen LogP contribution in [0.4, 0.5) is 15.8 Å². The molecule has 6 nitrogen and oxygen atoms in total. The maximum Gasteiger partial charge on any atom is 0.258 e. The highest BCUT2D eigenvalue weighted by Crippen LogP contribution is 2.29. The van der Waals surface area contributed by atoms with E-state index in [4.69, 9.17) is 21.1 Å². The fourth-order valence-corrected chi connectivity index (χ4v) is 3.07. The van der Waals surface area contributed by atoms with Crippen LogP contribution in [-0.2, 0) is 0 Å². The molecule has 8 heteroatoms. The van der Waals surface area contributed by atoms with Crippen molar-refractivity contribution in [2.75, 3.05) is 24.9 Å². The Hall–Kier alpha value is -3.58. The second-order valence-corrected chi connectivity index (χ2v) is 7.07. The molecule has 0 radical (unpaired) electrons. The third kappa shape index (κ3) is 5.13. The van der Waals surface area contributed by atoms with Crippen LogP contribution >= 0.6 is 11.6 Å². The van der Waals surface area contributed by atoms with Crippen molar-refractivity contribution in [1.82, 2.24) is 0 Å². The predicted octanol–water partition coefficient (Wildman–Crippen LogP) is 5.31. The van der Waals surface area contributed by atoms with Crippen molar-refractivity contribution in [3.8, 4) is 11.5 Å². The number of hydrogen-bond donors (Lipinski definition) is 2. The fourth-order valence-electron chi connectivity index (χ4n) is 2.91. The van der Waals surface area contributed by atoms with Crippen molar-refractivity contribution in [3.05, 3.63) is 82.1 Å². The Morgan fingerprint density at radius 3 is 2.29 bits per heavy atom. The minimum Gasteiger partial charge on any atom is -0.496 e. The van der Waals surface area contributed by atoms with Gasteiger partial charge in [-0.3, -0.25) is 9.59 Å². The van der Waals surface area contributed by atoms with Gasteiger partial charge in [0.1, 0.15) is 17.3 Å². The Labute approximate surface area is 183 Å². The molecule has 0 fully saturated rings. The van der Waals surface area contributed by atoms with Gasteiger partial charge in [-0.2, -0.15) is 0 Å². The van der Waals surface area contributed by atoms with Crippen LogP contribution < -0.4 is 20.1 Å². The molecule has 0 aliphatic rings. The van der Waals surface area contributed by atoms with Crippen LogP contribution in [0.1, 0.15) is 26.3 Å². The molecule has 3 aromatic carbocycles. The van der Waals surface area contributed by atoms with Crippen LogP contribution in [-0.4, -0.2) is 26.0 Å². The topological polar surface area (TPSA) is 76.7 Å². The number of rotatable bonds is 6. The van der Waals surface area contributed by atoms with Gasteiger partial charge >= 0.3 is 0 Å². The van der Waals surface area contributed by atoms with E-state index in [2.05, 4.69) is 10.6 Å². The van der Waals surface area contributed by atoms with Gasteiger partial charge in [-0.25, -0.2) is 4.39 Å². The number of halogens is 2. The van der Waals surface area contributed by atoms with Crippen molar-refractivity contribution in [2.45, 2.75) is 6.92 Å².